The Labute approximate surface area is 147 Å². The highest BCUT2D eigenvalue weighted by atomic mass is 35.5. The molecule has 0 heterocycles. The molecule has 0 radical (unpaired) electrons. The molecule has 23 heavy (non-hydrogen) atoms. The van der Waals surface area contributed by atoms with Gasteiger partial charge in [0.1, 0.15) is 0 Å². The number of hydrogen-bond acceptors (Lipinski definition) is 3. The van der Waals surface area contributed by atoms with Crippen molar-refractivity contribution in [2.75, 3.05) is 17.4 Å². The maximum Gasteiger partial charge on any atom is 0.0783 e. The van der Waals surface area contributed by atoms with E-state index in [1.165, 1.54) is 0 Å². The first-order chi connectivity index (χ1) is 10.9. The van der Waals surface area contributed by atoms with Crippen LogP contribution in [-0.4, -0.2) is 18.8 Å². The Morgan fingerprint density at radius 2 is 1.83 bits per heavy atom. The van der Waals surface area contributed by atoms with Crippen LogP contribution in [0.15, 0.2) is 47.6 Å². The van der Waals surface area contributed by atoms with Crippen molar-refractivity contribution in [2.24, 2.45) is 5.10 Å². The molecule has 3 nitrogen and oxygen atoms in total. The van der Waals surface area contributed by atoms with Gasteiger partial charge < -0.3 is 5.32 Å². The molecule has 0 amide bonds. The molecule has 122 valence electrons. The minimum absolute atomic E-state index is 0.169. The van der Waals surface area contributed by atoms with E-state index in [2.05, 4.69) is 19.2 Å². The monoisotopic (exact) mass is 349 g/mol. The van der Waals surface area contributed by atoms with Gasteiger partial charge in [0.05, 0.1) is 16.4 Å². The lowest BCUT2D eigenvalue weighted by Crippen LogP contribution is -2.26. The SMILES string of the molecule is CNc1ccc(Cl)cc1/C(C)=N\N(c1ccccc1Cl)C(C)C. The number of benzene rings is 2. The van der Waals surface area contributed by atoms with Gasteiger partial charge in [-0.1, -0.05) is 35.3 Å². The van der Waals surface area contributed by atoms with E-state index in [0.29, 0.717) is 10.0 Å². The quantitative estimate of drug-likeness (QED) is 0.555. The standard InChI is InChI=1S/C18H21Cl2N3/c1-12(2)23(18-8-6-5-7-16(18)20)22-13(3)15-11-14(19)9-10-17(15)21-4/h5-12,21H,1-4H3/b22-13-. The molecule has 0 aliphatic carbocycles. The van der Waals surface area contributed by atoms with Crippen LogP contribution in [0.1, 0.15) is 26.3 Å². The first kappa shape index (κ1) is 17.6. The van der Waals surface area contributed by atoms with Crippen molar-refractivity contribution in [1.82, 2.24) is 0 Å². The van der Waals surface area contributed by atoms with Crippen molar-refractivity contribution in [3.63, 3.8) is 0 Å². The molecule has 0 aliphatic rings. The zero-order chi connectivity index (χ0) is 17.0. The molecule has 0 saturated heterocycles. The summed E-state index contributed by atoms with van der Waals surface area (Å²) in [7, 11) is 1.88. The molecule has 0 aliphatic heterocycles. The summed E-state index contributed by atoms with van der Waals surface area (Å²) in [5.41, 5.74) is 3.71. The number of hydrazone groups is 1. The summed E-state index contributed by atoms with van der Waals surface area (Å²) in [5.74, 6) is 0. The third-order valence-corrected chi connectivity index (χ3v) is 4.04. The lowest BCUT2D eigenvalue weighted by Gasteiger charge is -2.25. The molecule has 0 aromatic heterocycles. The van der Waals surface area contributed by atoms with Crippen LogP contribution in [0.5, 0.6) is 0 Å². The Morgan fingerprint density at radius 1 is 1.13 bits per heavy atom. The van der Waals surface area contributed by atoms with Gasteiger partial charge in [-0.25, -0.2) is 0 Å². The van der Waals surface area contributed by atoms with Gasteiger partial charge in [-0.2, -0.15) is 5.10 Å². The van der Waals surface area contributed by atoms with Gasteiger partial charge >= 0.3 is 0 Å². The van der Waals surface area contributed by atoms with E-state index in [9.17, 15) is 0 Å². The molecule has 2 rings (SSSR count). The van der Waals surface area contributed by atoms with Crippen molar-refractivity contribution < 1.29 is 0 Å². The summed E-state index contributed by atoms with van der Waals surface area (Å²) in [4.78, 5) is 0. The maximum absolute atomic E-state index is 6.33. The fourth-order valence-electron chi connectivity index (χ4n) is 2.33. The predicted molar refractivity (Wildman–Crippen MR) is 102 cm³/mol. The van der Waals surface area contributed by atoms with E-state index >= 15 is 0 Å². The molecular weight excluding hydrogens is 329 g/mol. The fourth-order valence-corrected chi connectivity index (χ4v) is 2.73. The number of rotatable bonds is 5. The molecule has 0 unspecified atom stereocenters. The number of halogens is 2. The maximum atomic E-state index is 6.33. The second kappa shape index (κ2) is 7.71. The Kier molecular flexibility index (Phi) is 5.91. The number of nitrogens with zero attached hydrogens (tertiary/aromatic N) is 2. The molecule has 2 aromatic rings. The van der Waals surface area contributed by atoms with Crippen LogP contribution in [0, 0.1) is 0 Å². The molecular formula is C18H21Cl2N3. The summed E-state index contributed by atoms with van der Waals surface area (Å²) in [5, 5.41) is 11.3. The van der Waals surface area contributed by atoms with Crippen LogP contribution in [0.25, 0.3) is 0 Å². The summed E-state index contributed by atoms with van der Waals surface area (Å²) in [6, 6.07) is 13.6. The topological polar surface area (TPSA) is 27.6 Å². The third kappa shape index (κ3) is 4.18. The molecule has 1 N–H and O–H groups in total. The normalized spacial score (nSPS) is 11.7. The van der Waals surface area contributed by atoms with Crippen LogP contribution in [0.4, 0.5) is 11.4 Å². The summed E-state index contributed by atoms with van der Waals surface area (Å²) >= 11 is 12.5. The third-order valence-electron chi connectivity index (χ3n) is 3.49. The summed E-state index contributed by atoms with van der Waals surface area (Å²) < 4.78 is 0. The minimum Gasteiger partial charge on any atom is -0.388 e. The van der Waals surface area contributed by atoms with Crippen molar-refractivity contribution >= 4 is 40.3 Å². The molecule has 0 saturated carbocycles. The van der Waals surface area contributed by atoms with Crippen molar-refractivity contribution in [1.29, 1.82) is 0 Å². The molecule has 2 aromatic carbocycles. The molecule has 0 spiro atoms. The van der Waals surface area contributed by atoms with E-state index in [1.54, 1.807) is 0 Å². The van der Waals surface area contributed by atoms with E-state index in [0.717, 1.165) is 22.6 Å². The summed E-state index contributed by atoms with van der Waals surface area (Å²) in [6.07, 6.45) is 0. The number of hydrogen-bond donors (Lipinski definition) is 1. The van der Waals surface area contributed by atoms with Gasteiger partial charge in [0.25, 0.3) is 0 Å². The number of para-hydroxylation sites is 1. The van der Waals surface area contributed by atoms with Gasteiger partial charge in [-0.3, -0.25) is 5.01 Å². The average molecular weight is 350 g/mol. The van der Waals surface area contributed by atoms with Crippen molar-refractivity contribution in [3.8, 4) is 0 Å². The van der Waals surface area contributed by atoms with Crippen LogP contribution < -0.4 is 10.3 Å². The Bertz CT molecular complexity index is 711. The van der Waals surface area contributed by atoms with E-state index in [1.807, 2.05) is 61.4 Å². The Morgan fingerprint density at radius 3 is 2.43 bits per heavy atom. The number of anilines is 2. The van der Waals surface area contributed by atoms with E-state index < -0.39 is 0 Å². The zero-order valence-corrected chi connectivity index (χ0v) is 15.3. The Hall–Kier alpha value is -1.71. The van der Waals surface area contributed by atoms with Gasteiger partial charge in [0, 0.05) is 29.4 Å². The Balaban J connectivity index is 2.48. The van der Waals surface area contributed by atoms with E-state index in [-0.39, 0.29) is 6.04 Å². The van der Waals surface area contributed by atoms with E-state index in [4.69, 9.17) is 28.3 Å². The highest BCUT2D eigenvalue weighted by molar-refractivity contribution is 6.33. The smallest absolute Gasteiger partial charge is 0.0783 e. The van der Waals surface area contributed by atoms with Crippen LogP contribution in [-0.2, 0) is 0 Å². The van der Waals surface area contributed by atoms with Crippen molar-refractivity contribution in [3.05, 3.63) is 58.1 Å². The first-order valence-electron chi connectivity index (χ1n) is 7.50. The van der Waals surface area contributed by atoms with Gasteiger partial charge in [0.15, 0.2) is 0 Å². The lowest BCUT2D eigenvalue weighted by molar-refractivity contribution is 0.713. The highest BCUT2D eigenvalue weighted by Crippen LogP contribution is 2.28. The molecule has 0 atom stereocenters. The first-order valence-corrected chi connectivity index (χ1v) is 8.26. The van der Waals surface area contributed by atoms with Crippen molar-refractivity contribution in [2.45, 2.75) is 26.8 Å². The predicted octanol–water partition coefficient (Wildman–Crippen LogP) is 5.67. The second-order valence-corrected chi connectivity index (χ2v) is 6.36. The highest BCUT2D eigenvalue weighted by Gasteiger charge is 2.14. The lowest BCUT2D eigenvalue weighted by atomic mass is 10.1. The minimum atomic E-state index is 0.169. The fraction of sp³-hybridized carbons (Fsp3) is 0.278. The van der Waals surface area contributed by atoms with Crippen LogP contribution in [0.3, 0.4) is 0 Å². The molecule has 0 fully saturated rings. The molecule has 0 bridgehead atoms. The van der Waals surface area contributed by atoms with Crippen LogP contribution >= 0.6 is 23.2 Å². The largest absolute Gasteiger partial charge is 0.388 e. The van der Waals surface area contributed by atoms with Gasteiger partial charge in [-0.15, -0.1) is 0 Å². The second-order valence-electron chi connectivity index (χ2n) is 5.52. The number of nitrogens with one attached hydrogen (secondary N) is 1. The zero-order valence-electron chi connectivity index (χ0n) is 13.8. The summed E-state index contributed by atoms with van der Waals surface area (Å²) in [6.45, 7) is 6.13. The van der Waals surface area contributed by atoms with Crippen LogP contribution in [0.2, 0.25) is 10.0 Å². The van der Waals surface area contributed by atoms with Gasteiger partial charge in [-0.05, 0) is 51.1 Å². The van der Waals surface area contributed by atoms with Gasteiger partial charge in [0.2, 0.25) is 0 Å². The average Bonchev–Trinajstić information content (AvgIpc) is 2.53. The molecule has 5 heteroatoms.